The third-order valence-corrected chi connectivity index (χ3v) is 15.3. The van der Waals surface area contributed by atoms with Gasteiger partial charge in [-0.15, -0.1) is 57.8 Å². The van der Waals surface area contributed by atoms with Crippen molar-refractivity contribution in [2.45, 2.75) is 38.9 Å². The minimum Gasteiger partial charge on any atom is -0.487 e. The number of benzene rings is 4. The Balaban J connectivity index is 0.000000166. The van der Waals surface area contributed by atoms with Gasteiger partial charge in [0.1, 0.15) is 33.7 Å². The van der Waals surface area contributed by atoms with Crippen LogP contribution >= 0.6 is 81.0 Å². The van der Waals surface area contributed by atoms with Crippen molar-refractivity contribution in [3.63, 3.8) is 0 Å². The molecule has 0 saturated carbocycles. The first-order valence-electron chi connectivity index (χ1n) is 20.8. The summed E-state index contributed by atoms with van der Waals surface area (Å²) in [6.07, 6.45) is 7.07. The number of hydrogen-bond acceptors (Lipinski definition) is 13. The number of carboxylic acid groups (broad SMARTS) is 1. The molecule has 348 valence electrons. The summed E-state index contributed by atoms with van der Waals surface area (Å²) in [6.45, 7) is 3.99. The van der Waals surface area contributed by atoms with Crippen molar-refractivity contribution in [1.82, 2.24) is 15.3 Å². The number of aliphatic carboxylic acids is 1. The van der Waals surface area contributed by atoms with Crippen molar-refractivity contribution in [3.05, 3.63) is 150 Å². The molecule has 0 spiro atoms. The summed E-state index contributed by atoms with van der Waals surface area (Å²) in [5, 5.41) is 14.0. The van der Waals surface area contributed by atoms with Gasteiger partial charge in [-0.2, -0.15) is 0 Å². The number of carbonyl (C=O) groups is 4. The van der Waals surface area contributed by atoms with Crippen molar-refractivity contribution >= 4 is 137 Å². The van der Waals surface area contributed by atoms with E-state index in [9.17, 15) is 19.2 Å². The normalized spacial score (nSPS) is 14.5. The number of para-hydroxylation sites is 2. The van der Waals surface area contributed by atoms with Crippen LogP contribution < -0.4 is 20.5 Å². The average molecular weight is 1040 g/mol. The SMILES string of the molecule is CC(=O)c1ccc(-c2cc(Cl)c3c(c2)CC(CN)O3)s1.CC(=O)c1ccc(-c2cc(Cl)c3c(c2)CC(CNC(=O)/C=C/c2nc4ccccc4s2)O3)s1.Cl.O=C(O)/C=C/c1nc2ccccc2s1. The molecule has 2 aliphatic rings. The number of nitrogens with two attached hydrogens (primary N) is 1. The number of carbonyl (C=O) groups excluding carboxylic acids is 3. The van der Waals surface area contributed by atoms with E-state index < -0.39 is 5.97 Å². The smallest absolute Gasteiger partial charge is 0.328 e. The fourth-order valence-electron chi connectivity index (χ4n) is 7.16. The Hall–Kier alpha value is -5.75. The molecular weight excluding hydrogens is 1000 g/mol. The van der Waals surface area contributed by atoms with Gasteiger partial charge in [-0.3, -0.25) is 14.4 Å². The molecule has 1 amide bonds. The second-order valence-electron chi connectivity index (χ2n) is 15.2. The molecule has 18 heteroatoms. The highest BCUT2D eigenvalue weighted by atomic mass is 35.5. The molecule has 8 aromatic rings. The van der Waals surface area contributed by atoms with Crippen LogP contribution in [0.5, 0.6) is 11.5 Å². The molecule has 4 aromatic carbocycles. The van der Waals surface area contributed by atoms with Gasteiger partial charge in [0.15, 0.2) is 11.6 Å². The molecule has 2 unspecified atom stereocenters. The molecule has 0 aliphatic carbocycles. The van der Waals surface area contributed by atoms with Crippen molar-refractivity contribution in [3.8, 4) is 32.4 Å². The number of thiophene rings is 2. The number of carboxylic acids is 1. The van der Waals surface area contributed by atoms with Crippen molar-refractivity contribution < 1.29 is 33.8 Å². The predicted molar refractivity (Wildman–Crippen MR) is 280 cm³/mol. The zero-order valence-electron chi connectivity index (χ0n) is 36.2. The summed E-state index contributed by atoms with van der Waals surface area (Å²) in [5.74, 6) is 0.386. The number of rotatable bonds is 11. The Kier molecular flexibility index (Phi) is 16.6. The first-order chi connectivity index (χ1) is 32.3. The van der Waals surface area contributed by atoms with Gasteiger partial charge in [0, 0.05) is 52.4 Å². The van der Waals surface area contributed by atoms with Crippen LogP contribution in [-0.2, 0) is 22.4 Å². The van der Waals surface area contributed by atoms with E-state index in [0.29, 0.717) is 40.3 Å². The van der Waals surface area contributed by atoms with E-state index in [1.165, 1.54) is 46.2 Å². The van der Waals surface area contributed by atoms with E-state index >= 15 is 0 Å². The monoisotopic (exact) mass is 1040 g/mol. The molecule has 6 heterocycles. The standard InChI is InChI=1S/C25H19ClN2O3S2.C15H14ClNO2S.C10H7NO2S.ClH/c1-14(29)20-6-7-21(32-20)15-10-16-11-17(31-25(16)18(26)12-15)13-27-23(30)8-9-24-28-19-4-2-3-5-22(19)33-24;1-8(18)13-2-3-14(20-13)9-4-10-5-11(7-17)19-15(10)12(16)6-9;12-10(13)6-5-9-11-7-3-1-2-4-8(7)14-9;/h2-10,12,17H,11,13H2,1H3,(H,27,30);2-4,6,11H,5,7,17H2,1H3;1-6H,(H,12,13);1H/b9-8+;;6-5+;. The third kappa shape index (κ3) is 12.3. The number of amides is 1. The van der Waals surface area contributed by atoms with E-state index in [1.54, 1.807) is 31.3 Å². The lowest BCUT2D eigenvalue weighted by molar-refractivity contribution is -0.131. The van der Waals surface area contributed by atoms with Gasteiger partial charge in [0.25, 0.3) is 0 Å². The first kappa shape index (κ1) is 50.1. The summed E-state index contributed by atoms with van der Waals surface area (Å²) < 4.78 is 13.9. The number of ketones is 2. The molecular formula is C50H41Cl3N4O7S4. The Morgan fingerprint density at radius 3 is 1.62 bits per heavy atom. The summed E-state index contributed by atoms with van der Waals surface area (Å²) in [5.41, 5.74) is 11.5. The maximum Gasteiger partial charge on any atom is 0.328 e. The molecule has 0 fully saturated rings. The Morgan fingerprint density at radius 1 is 0.691 bits per heavy atom. The second kappa shape index (κ2) is 22.6. The fourth-order valence-corrected chi connectivity index (χ4v) is 11.2. The van der Waals surface area contributed by atoms with E-state index in [4.69, 9.17) is 43.5 Å². The third-order valence-electron chi connectivity index (χ3n) is 10.3. The van der Waals surface area contributed by atoms with E-state index in [2.05, 4.69) is 21.4 Å². The van der Waals surface area contributed by atoms with Crippen LogP contribution in [0, 0.1) is 0 Å². The Labute approximate surface area is 423 Å². The summed E-state index contributed by atoms with van der Waals surface area (Å²) in [4.78, 5) is 57.8. The van der Waals surface area contributed by atoms with Gasteiger partial charge in [-0.25, -0.2) is 14.8 Å². The van der Waals surface area contributed by atoms with Gasteiger partial charge >= 0.3 is 5.97 Å². The Morgan fingerprint density at radius 2 is 1.16 bits per heavy atom. The maximum atomic E-state index is 12.3. The molecule has 2 atom stereocenters. The van der Waals surface area contributed by atoms with Crippen LogP contribution in [-0.4, -0.2) is 63.8 Å². The molecule has 4 aromatic heterocycles. The second-order valence-corrected chi connectivity index (χ2v) is 20.4. The molecule has 11 nitrogen and oxygen atoms in total. The summed E-state index contributed by atoms with van der Waals surface area (Å²) in [6, 6.07) is 31.0. The lowest BCUT2D eigenvalue weighted by Crippen LogP contribution is -2.33. The topological polar surface area (TPSA) is 171 Å². The van der Waals surface area contributed by atoms with Crippen LogP contribution in [0.1, 0.15) is 54.3 Å². The van der Waals surface area contributed by atoms with Gasteiger partial charge < -0.3 is 25.6 Å². The van der Waals surface area contributed by atoms with Crippen LogP contribution in [0.15, 0.2) is 109 Å². The average Bonchev–Trinajstić information content (AvgIpc) is 4.17. The van der Waals surface area contributed by atoms with E-state index in [-0.39, 0.29) is 42.1 Å². The van der Waals surface area contributed by atoms with Gasteiger partial charge in [-0.05, 0) is 110 Å². The van der Waals surface area contributed by atoms with Crippen LogP contribution in [0.4, 0.5) is 0 Å². The molecule has 0 radical (unpaired) electrons. The number of fused-ring (bicyclic) bond motifs is 4. The van der Waals surface area contributed by atoms with Gasteiger partial charge in [-0.1, -0.05) is 47.5 Å². The quantitative estimate of drug-likeness (QED) is 0.0837. The maximum absolute atomic E-state index is 12.3. The number of ether oxygens (including phenoxy) is 2. The molecule has 0 saturated heterocycles. The highest BCUT2D eigenvalue weighted by Crippen LogP contribution is 2.42. The predicted octanol–water partition coefficient (Wildman–Crippen LogP) is 12.4. The molecule has 68 heavy (non-hydrogen) atoms. The molecule has 0 bridgehead atoms. The fraction of sp³-hybridized carbons (Fsp3) is 0.160. The summed E-state index contributed by atoms with van der Waals surface area (Å²) >= 11 is 18.7. The highest BCUT2D eigenvalue weighted by Gasteiger charge is 2.27. The van der Waals surface area contributed by atoms with Crippen LogP contribution in [0.25, 0.3) is 53.5 Å². The lowest BCUT2D eigenvalue weighted by Gasteiger charge is -2.11. The van der Waals surface area contributed by atoms with Crippen molar-refractivity contribution in [2.24, 2.45) is 5.73 Å². The van der Waals surface area contributed by atoms with E-state index in [1.807, 2.05) is 91.0 Å². The number of nitrogens with zero attached hydrogens (tertiary/aromatic N) is 2. The number of halogens is 3. The van der Waals surface area contributed by atoms with Crippen LogP contribution in [0.2, 0.25) is 10.0 Å². The number of Topliss-reactive ketones (excluding diaryl/α,β-unsaturated/α-hetero) is 2. The number of hydrogen-bond donors (Lipinski definition) is 3. The number of thiazole rings is 2. The summed E-state index contributed by atoms with van der Waals surface area (Å²) in [7, 11) is 0. The van der Waals surface area contributed by atoms with Gasteiger partial charge in [0.05, 0.1) is 46.8 Å². The minimum absolute atomic E-state index is 0. The van der Waals surface area contributed by atoms with Gasteiger partial charge in [0.2, 0.25) is 5.91 Å². The number of nitrogens with one attached hydrogen (secondary N) is 1. The van der Waals surface area contributed by atoms with E-state index in [0.717, 1.165) is 85.4 Å². The highest BCUT2D eigenvalue weighted by molar-refractivity contribution is 7.19. The molecule has 2 aliphatic heterocycles. The zero-order chi connectivity index (χ0) is 47.2. The zero-order valence-corrected chi connectivity index (χ0v) is 41.8. The van der Waals surface area contributed by atoms with Crippen molar-refractivity contribution in [1.29, 1.82) is 0 Å². The molecule has 4 N–H and O–H groups in total. The van der Waals surface area contributed by atoms with Crippen LogP contribution in [0.3, 0.4) is 0 Å². The largest absolute Gasteiger partial charge is 0.487 e. The molecule has 10 rings (SSSR count). The Bertz CT molecular complexity index is 3160. The van der Waals surface area contributed by atoms with Crippen molar-refractivity contribution in [2.75, 3.05) is 13.1 Å². The minimum atomic E-state index is -0.954. The lowest BCUT2D eigenvalue weighted by atomic mass is 10.1. The number of aromatic nitrogens is 2. The first-order valence-corrected chi connectivity index (χ1v) is 24.8.